The Morgan fingerprint density at radius 2 is 1.13 bits per heavy atom. The summed E-state index contributed by atoms with van der Waals surface area (Å²) in [6, 6.07) is 8.85. The molecule has 6 heteroatoms. The van der Waals surface area contributed by atoms with Crippen LogP contribution < -0.4 is 0 Å². The van der Waals surface area contributed by atoms with E-state index < -0.39 is 17.0 Å². The van der Waals surface area contributed by atoms with Gasteiger partial charge in [-0.3, -0.25) is 4.90 Å². The molecule has 0 radical (unpaired) electrons. The van der Waals surface area contributed by atoms with Gasteiger partial charge in [0.25, 0.3) is 0 Å². The summed E-state index contributed by atoms with van der Waals surface area (Å²) in [5, 5.41) is 10.0. The van der Waals surface area contributed by atoms with Crippen LogP contribution in [-0.4, -0.2) is 42.1 Å². The molecule has 3 nitrogen and oxygen atoms in total. The quantitative estimate of drug-likeness (QED) is 0.365. The van der Waals surface area contributed by atoms with Gasteiger partial charge >= 0.3 is 35.6 Å². The molecule has 0 amide bonds. The average Bonchev–Trinajstić information content (AvgIpc) is 2.62. The van der Waals surface area contributed by atoms with E-state index in [1.807, 2.05) is 13.8 Å². The molecular formula is C24H37Cl2N2OTi-. The van der Waals surface area contributed by atoms with E-state index in [0.717, 1.165) is 37.3 Å². The van der Waals surface area contributed by atoms with Crippen molar-refractivity contribution in [3.05, 3.63) is 70.6 Å². The van der Waals surface area contributed by atoms with Crippen LogP contribution in [0.25, 0.3) is 0 Å². The molecule has 168 valence electrons. The summed E-state index contributed by atoms with van der Waals surface area (Å²) in [5.41, 5.74) is 8.66. The summed E-state index contributed by atoms with van der Waals surface area (Å²) in [6.07, 6.45) is 0. The summed E-state index contributed by atoms with van der Waals surface area (Å²) in [7, 11) is 14.0. The van der Waals surface area contributed by atoms with E-state index in [9.17, 15) is 5.11 Å². The van der Waals surface area contributed by atoms with E-state index >= 15 is 0 Å². The van der Waals surface area contributed by atoms with Crippen molar-refractivity contribution in [3.63, 3.8) is 0 Å². The summed E-state index contributed by atoms with van der Waals surface area (Å²) < 4.78 is 0. The molecule has 0 saturated carbocycles. The molecule has 30 heavy (non-hydrogen) atoms. The van der Waals surface area contributed by atoms with Gasteiger partial charge < -0.3 is 17.4 Å². The Labute approximate surface area is 201 Å². The third kappa shape index (κ3) is 9.72. The van der Waals surface area contributed by atoms with Gasteiger partial charge in [-0.25, -0.2) is 0 Å². The number of rotatable bonds is 7. The van der Waals surface area contributed by atoms with E-state index in [1.165, 1.54) is 27.8 Å². The van der Waals surface area contributed by atoms with Gasteiger partial charge in [-0.05, 0) is 87.7 Å². The van der Waals surface area contributed by atoms with Crippen molar-refractivity contribution in [2.24, 2.45) is 0 Å². The zero-order valence-corrected chi connectivity index (χ0v) is 22.8. The second-order valence-electron chi connectivity index (χ2n) is 8.02. The summed E-state index contributed by atoms with van der Waals surface area (Å²) in [6.45, 7) is 14.4. The molecule has 0 aliphatic heterocycles. The van der Waals surface area contributed by atoms with Crippen LogP contribution in [0.2, 0.25) is 0 Å². The van der Waals surface area contributed by atoms with Crippen LogP contribution in [0.3, 0.4) is 0 Å². The number of aromatic hydroxyl groups is 1. The number of phenolic OH excluding ortho intramolecular Hbond substituents is 1. The summed E-state index contributed by atoms with van der Waals surface area (Å²) in [5.74, 6) is 0.415. The number of aryl methyl sites for hydroxylation is 4. The number of nitrogens with zero attached hydrogens (tertiary/aromatic N) is 2. The van der Waals surface area contributed by atoms with Crippen molar-refractivity contribution >= 4 is 18.6 Å². The van der Waals surface area contributed by atoms with Crippen LogP contribution in [-0.2, 0) is 30.1 Å². The average molecular weight is 488 g/mol. The fraction of sp³-hybridized carbons (Fsp3) is 0.458. The van der Waals surface area contributed by atoms with Crippen molar-refractivity contribution in [3.8, 4) is 5.75 Å². The molecule has 0 spiro atoms. The monoisotopic (exact) mass is 487 g/mol. The Morgan fingerprint density at radius 3 is 1.50 bits per heavy atom. The second-order valence-corrected chi connectivity index (χ2v) is 10.6. The Bertz CT molecular complexity index is 691. The second kappa shape index (κ2) is 14.5. The van der Waals surface area contributed by atoms with Gasteiger partial charge in [0.1, 0.15) is 5.75 Å². The van der Waals surface area contributed by atoms with Crippen LogP contribution in [0.5, 0.6) is 5.75 Å². The van der Waals surface area contributed by atoms with E-state index in [1.54, 1.807) is 0 Å². The molecule has 0 fully saturated rings. The third-order valence-corrected chi connectivity index (χ3v) is 5.21. The first-order valence-electron chi connectivity index (χ1n) is 9.78. The maximum absolute atomic E-state index is 10.0. The first-order chi connectivity index (χ1) is 13.6. The maximum atomic E-state index is 10.0. The molecule has 0 aliphatic rings. The molecule has 0 bridgehead atoms. The standard InChI is InChI=1S/C23H34N2O.CH3.2ClH.Ti/c1-16-10-21(11-17(2)20(16)5)14-25(9-8-24(6)7)15-22-12-18(3)23(26)19(4)13-22;;;;/h10-13,26H,8-9,14-15H2,1-7H3;1H3;2*1H;/q;-1;;;+2/p-2. The number of halogens is 2. The summed E-state index contributed by atoms with van der Waals surface area (Å²) in [4.78, 5) is 4.72. The Hall–Kier alpha value is -0.546. The van der Waals surface area contributed by atoms with Gasteiger partial charge in [-0.1, -0.05) is 24.3 Å². The molecule has 0 aromatic heterocycles. The normalized spacial score (nSPS) is 10.5. The number of likely N-dealkylation sites (N-methyl/N-ethyl adjacent to an activating group) is 1. The van der Waals surface area contributed by atoms with Crippen molar-refractivity contribution in [2.45, 2.75) is 47.7 Å². The first-order valence-corrected chi connectivity index (χ1v) is 14.1. The summed E-state index contributed by atoms with van der Waals surface area (Å²) >= 11 is -0.556. The molecule has 2 aromatic rings. The third-order valence-electron chi connectivity index (χ3n) is 5.21. The van der Waals surface area contributed by atoms with Crippen LogP contribution in [0.15, 0.2) is 24.3 Å². The minimum atomic E-state index is -0.556. The Kier molecular flexibility index (Phi) is 14.2. The molecule has 1 N–H and O–H groups in total. The molecule has 2 rings (SSSR count). The fourth-order valence-electron chi connectivity index (χ4n) is 3.43. The van der Waals surface area contributed by atoms with Gasteiger partial charge in [0.15, 0.2) is 0 Å². The van der Waals surface area contributed by atoms with Crippen LogP contribution in [0.4, 0.5) is 0 Å². The topological polar surface area (TPSA) is 26.7 Å². The SMILES string of the molecule is Cc1cc(CN(CCN(C)C)Cc2cc(C)c(O)c(C)c2)cc(C)c1C.[CH3-].[Cl][Ti][Cl]. The molecule has 0 atom stereocenters. The molecular weight excluding hydrogens is 451 g/mol. The zero-order valence-electron chi connectivity index (χ0n) is 19.7. The zero-order chi connectivity index (χ0) is 22.1. The molecule has 0 unspecified atom stereocenters. The van der Waals surface area contributed by atoms with Crippen LogP contribution in [0.1, 0.15) is 38.9 Å². The fourth-order valence-corrected chi connectivity index (χ4v) is 3.43. The van der Waals surface area contributed by atoms with Gasteiger partial charge in [0, 0.05) is 26.2 Å². The van der Waals surface area contributed by atoms with Gasteiger partial charge in [0.05, 0.1) is 0 Å². The van der Waals surface area contributed by atoms with Gasteiger partial charge in [-0.2, -0.15) is 0 Å². The minimum absolute atomic E-state index is 0. The van der Waals surface area contributed by atoms with E-state index in [0.29, 0.717) is 5.75 Å². The molecule has 2 aromatic carbocycles. The van der Waals surface area contributed by atoms with Crippen molar-refractivity contribution in [1.82, 2.24) is 9.80 Å². The number of hydrogen-bond donors (Lipinski definition) is 1. The van der Waals surface area contributed by atoms with Crippen molar-refractivity contribution in [1.29, 1.82) is 0 Å². The van der Waals surface area contributed by atoms with E-state index in [2.05, 4.69) is 68.9 Å². The van der Waals surface area contributed by atoms with Gasteiger partial charge in [-0.15, -0.1) is 0 Å². The molecule has 0 heterocycles. The molecule has 0 aliphatic carbocycles. The first kappa shape index (κ1) is 29.5. The Morgan fingerprint density at radius 1 is 0.767 bits per heavy atom. The van der Waals surface area contributed by atoms with Crippen LogP contribution >= 0.6 is 18.6 Å². The van der Waals surface area contributed by atoms with Crippen molar-refractivity contribution in [2.75, 3.05) is 27.2 Å². The molecule has 0 saturated heterocycles. The number of hydrogen-bond acceptors (Lipinski definition) is 3. The predicted molar refractivity (Wildman–Crippen MR) is 129 cm³/mol. The van der Waals surface area contributed by atoms with Crippen LogP contribution in [0, 0.1) is 42.0 Å². The van der Waals surface area contributed by atoms with E-state index in [4.69, 9.17) is 18.6 Å². The Balaban J connectivity index is 0.00000198. The van der Waals surface area contributed by atoms with Gasteiger partial charge in [0.2, 0.25) is 0 Å². The predicted octanol–water partition coefficient (Wildman–Crippen LogP) is 6.32. The van der Waals surface area contributed by atoms with Crippen molar-refractivity contribution < 1.29 is 22.1 Å². The number of phenols is 1. The van der Waals surface area contributed by atoms with E-state index in [-0.39, 0.29) is 7.43 Å². The number of benzene rings is 2.